The van der Waals surface area contributed by atoms with Gasteiger partial charge in [0.15, 0.2) is 0 Å². The van der Waals surface area contributed by atoms with Gasteiger partial charge in [-0.05, 0) is 38.0 Å². The van der Waals surface area contributed by atoms with Crippen molar-refractivity contribution in [1.82, 2.24) is 19.3 Å². The highest BCUT2D eigenvalue weighted by Crippen LogP contribution is 2.37. The summed E-state index contributed by atoms with van der Waals surface area (Å²) in [6.45, 7) is 1.14. The first-order valence-electron chi connectivity index (χ1n) is 8.84. The number of nitrogens with one attached hydrogen (secondary N) is 2. The average molecular weight is 433 g/mol. The van der Waals surface area contributed by atoms with Crippen molar-refractivity contribution in [2.75, 3.05) is 6.67 Å². The van der Waals surface area contributed by atoms with Crippen LogP contribution in [0.25, 0.3) is 11.0 Å². The quantitative estimate of drug-likeness (QED) is 0.684. The molecule has 1 aliphatic carbocycles. The van der Waals surface area contributed by atoms with E-state index in [0.717, 1.165) is 4.57 Å². The topological polar surface area (TPSA) is 107 Å². The minimum atomic E-state index is -4.06. The lowest BCUT2D eigenvalue weighted by Gasteiger charge is -2.15. The molecule has 2 N–H and O–H groups in total. The molecule has 1 saturated carbocycles. The summed E-state index contributed by atoms with van der Waals surface area (Å²) < 4.78 is 73.9. The van der Waals surface area contributed by atoms with Crippen LogP contribution in [0, 0.1) is 0 Å². The van der Waals surface area contributed by atoms with Crippen LogP contribution in [0.15, 0.2) is 33.0 Å². The van der Waals surface area contributed by atoms with Gasteiger partial charge in [0.2, 0.25) is 10.0 Å². The standard InChI is InChI=1S/C16H18F3N5O4S/c1-2-23-10-4-3-9(29(26,27)22-16(8-17)5-6-16)7-11(10)24(15(23)25)14-21-20-13(28-14)12(18)19/h3-4,7,12,14,21-22H,2,5-6,8H2,1H3. The summed E-state index contributed by atoms with van der Waals surface area (Å²) in [5.41, 5.74) is 1.17. The lowest BCUT2D eigenvalue weighted by molar-refractivity contribution is 0.0851. The Balaban J connectivity index is 1.79. The van der Waals surface area contributed by atoms with Crippen molar-refractivity contribution in [2.45, 2.75) is 49.5 Å². The molecule has 9 nitrogen and oxygen atoms in total. The third-order valence-corrected chi connectivity index (χ3v) is 6.54. The fourth-order valence-electron chi connectivity index (χ4n) is 3.21. The molecule has 2 aliphatic rings. The maximum atomic E-state index is 13.1. The number of hydrogen-bond acceptors (Lipinski definition) is 6. The SMILES string of the molecule is CCn1c(=O)n(C2NN=C(C(F)F)O2)c2cc(S(=O)(=O)NC3(CF)CC3)ccc21. The molecule has 2 aromatic rings. The predicted octanol–water partition coefficient (Wildman–Crippen LogP) is 1.26. The average Bonchev–Trinajstić information content (AvgIpc) is 3.15. The number of hydrogen-bond donors (Lipinski definition) is 2. The molecule has 1 aliphatic heterocycles. The first kappa shape index (κ1) is 19.8. The van der Waals surface area contributed by atoms with Crippen molar-refractivity contribution in [1.29, 1.82) is 0 Å². The third-order valence-electron chi connectivity index (χ3n) is 4.96. The van der Waals surface area contributed by atoms with Crippen molar-refractivity contribution in [3.05, 3.63) is 28.7 Å². The lowest BCUT2D eigenvalue weighted by atomic mass is 10.3. The molecule has 13 heteroatoms. The monoisotopic (exact) mass is 433 g/mol. The van der Waals surface area contributed by atoms with Crippen molar-refractivity contribution in [3.63, 3.8) is 0 Å². The molecule has 1 fully saturated rings. The van der Waals surface area contributed by atoms with E-state index in [1.807, 2.05) is 0 Å². The molecule has 1 aromatic carbocycles. The van der Waals surface area contributed by atoms with Gasteiger partial charge in [0, 0.05) is 6.54 Å². The van der Waals surface area contributed by atoms with Crippen LogP contribution in [0.4, 0.5) is 13.2 Å². The molecule has 2 heterocycles. The summed E-state index contributed by atoms with van der Waals surface area (Å²) in [5, 5.41) is 3.37. The third kappa shape index (κ3) is 3.27. The summed E-state index contributed by atoms with van der Waals surface area (Å²) in [6.07, 6.45) is -3.53. The summed E-state index contributed by atoms with van der Waals surface area (Å²) in [6, 6.07) is 3.97. The van der Waals surface area contributed by atoms with Crippen LogP contribution >= 0.6 is 0 Å². The van der Waals surface area contributed by atoms with E-state index in [2.05, 4.69) is 15.2 Å². The Bertz CT molecular complexity index is 1150. The molecule has 1 atom stereocenters. The van der Waals surface area contributed by atoms with Gasteiger partial charge >= 0.3 is 12.1 Å². The predicted molar refractivity (Wildman–Crippen MR) is 96.8 cm³/mol. The Labute approximate surface area is 163 Å². The molecular weight excluding hydrogens is 415 g/mol. The zero-order valence-electron chi connectivity index (χ0n) is 15.2. The number of nitrogens with zero attached hydrogens (tertiary/aromatic N) is 3. The van der Waals surface area contributed by atoms with Crippen molar-refractivity contribution in [2.24, 2.45) is 5.10 Å². The van der Waals surface area contributed by atoms with Crippen LogP contribution in [0.1, 0.15) is 26.1 Å². The minimum absolute atomic E-state index is 0.146. The first-order chi connectivity index (χ1) is 13.7. The van der Waals surface area contributed by atoms with E-state index < -0.39 is 46.6 Å². The van der Waals surface area contributed by atoms with Crippen LogP contribution in [-0.2, 0) is 21.3 Å². The Morgan fingerprint density at radius 2 is 2.10 bits per heavy atom. The molecule has 0 spiro atoms. The fourth-order valence-corrected chi connectivity index (χ4v) is 4.67. The fraction of sp³-hybridized carbons (Fsp3) is 0.500. The summed E-state index contributed by atoms with van der Waals surface area (Å²) in [7, 11) is -4.06. The maximum absolute atomic E-state index is 13.1. The molecular formula is C16H18F3N5O4S. The largest absolute Gasteiger partial charge is 0.430 e. The summed E-state index contributed by atoms with van der Waals surface area (Å²) in [4.78, 5) is 12.6. The van der Waals surface area contributed by atoms with Gasteiger partial charge in [0.1, 0.15) is 6.67 Å². The normalized spacial score (nSPS) is 20.6. The van der Waals surface area contributed by atoms with E-state index in [4.69, 9.17) is 4.74 Å². The zero-order valence-corrected chi connectivity index (χ0v) is 16.0. The van der Waals surface area contributed by atoms with E-state index >= 15 is 0 Å². The van der Waals surface area contributed by atoms with Gasteiger partial charge in [-0.3, -0.25) is 4.57 Å². The summed E-state index contributed by atoms with van der Waals surface area (Å²) >= 11 is 0. The van der Waals surface area contributed by atoms with Crippen LogP contribution in [0.5, 0.6) is 0 Å². The first-order valence-corrected chi connectivity index (χ1v) is 10.3. The molecule has 0 saturated heterocycles. The smallest absolute Gasteiger partial charge is 0.333 e. The highest BCUT2D eigenvalue weighted by molar-refractivity contribution is 7.89. The minimum Gasteiger partial charge on any atom is -0.430 e. The van der Waals surface area contributed by atoms with E-state index in [1.165, 1.54) is 22.8 Å². The van der Waals surface area contributed by atoms with Gasteiger partial charge in [-0.25, -0.2) is 32.3 Å². The van der Waals surface area contributed by atoms with Crippen LogP contribution < -0.4 is 15.8 Å². The molecule has 158 valence electrons. The van der Waals surface area contributed by atoms with E-state index in [-0.39, 0.29) is 17.0 Å². The number of alkyl halides is 3. The number of rotatable bonds is 7. The van der Waals surface area contributed by atoms with Gasteiger partial charge in [0.05, 0.1) is 21.5 Å². The molecule has 0 radical (unpaired) electrons. The Morgan fingerprint density at radius 1 is 1.38 bits per heavy atom. The van der Waals surface area contributed by atoms with Gasteiger partial charge < -0.3 is 4.74 Å². The number of aryl methyl sites for hydroxylation is 1. The van der Waals surface area contributed by atoms with Gasteiger partial charge in [-0.1, -0.05) is 0 Å². The number of ether oxygens (including phenoxy) is 1. The Kier molecular flexibility index (Phi) is 4.61. The highest BCUT2D eigenvalue weighted by Gasteiger charge is 2.46. The number of hydrazone groups is 1. The number of halogens is 3. The van der Waals surface area contributed by atoms with Crippen LogP contribution in [-0.4, -0.2) is 42.1 Å². The molecule has 4 rings (SSSR count). The zero-order chi connectivity index (χ0) is 21.0. The molecule has 29 heavy (non-hydrogen) atoms. The van der Waals surface area contributed by atoms with Crippen LogP contribution in [0.2, 0.25) is 0 Å². The number of fused-ring (bicyclic) bond motifs is 1. The molecule has 1 unspecified atom stereocenters. The second-order valence-corrected chi connectivity index (χ2v) is 8.60. The van der Waals surface area contributed by atoms with Crippen molar-refractivity contribution >= 4 is 27.0 Å². The van der Waals surface area contributed by atoms with E-state index in [1.54, 1.807) is 6.92 Å². The highest BCUT2D eigenvalue weighted by atomic mass is 32.2. The maximum Gasteiger partial charge on any atom is 0.333 e. The van der Waals surface area contributed by atoms with Crippen molar-refractivity contribution in [3.8, 4) is 0 Å². The Hall–Kier alpha value is -2.54. The van der Waals surface area contributed by atoms with Crippen LogP contribution in [0.3, 0.4) is 0 Å². The van der Waals surface area contributed by atoms with E-state index in [9.17, 15) is 26.4 Å². The van der Waals surface area contributed by atoms with Gasteiger partial charge in [-0.2, -0.15) is 8.78 Å². The molecule has 1 aromatic heterocycles. The summed E-state index contributed by atoms with van der Waals surface area (Å²) in [5.74, 6) is -0.872. The lowest BCUT2D eigenvalue weighted by Crippen LogP contribution is -2.38. The van der Waals surface area contributed by atoms with Gasteiger partial charge in [0.25, 0.3) is 12.2 Å². The second-order valence-electron chi connectivity index (χ2n) is 6.92. The second kappa shape index (κ2) is 6.76. The molecule has 0 bridgehead atoms. The van der Waals surface area contributed by atoms with E-state index in [0.29, 0.717) is 18.4 Å². The Morgan fingerprint density at radius 3 is 2.66 bits per heavy atom. The number of benzene rings is 1. The number of aromatic nitrogens is 2. The van der Waals surface area contributed by atoms with Gasteiger partial charge in [-0.15, -0.1) is 5.10 Å². The number of sulfonamides is 1. The molecule has 0 amide bonds. The number of imidazole rings is 1. The van der Waals surface area contributed by atoms with Crippen molar-refractivity contribution < 1.29 is 26.3 Å².